The number of benzene rings is 1. The van der Waals surface area contributed by atoms with Crippen molar-refractivity contribution in [2.75, 3.05) is 23.3 Å². The summed E-state index contributed by atoms with van der Waals surface area (Å²) < 4.78 is 1.71. The molecule has 7 nitrogen and oxygen atoms in total. The molecule has 1 aromatic heterocycles. The van der Waals surface area contributed by atoms with Crippen molar-refractivity contribution in [3.05, 3.63) is 42.5 Å². The van der Waals surface area contributed by atoms with Crippen LogP contribution in [0.2, 0.25) is 0 Å². The number of hydrogen-bond donors (Lipinski definition) is 2. The van der Waals surface area contributed by atoms with Gasteiger partial charge >= 0.3 is 6.03 Å². The Bertz CT molecular complexity index is 677. The van der Waals surface area contributed by atoms with Crippen LogP contribution in [0.25, 0.3) is 0 Å². The molecule has 1 aromatic carbocycles. The van der Waals surface area contributed by atoms with Gasteiger partial charge in [0.1, 0.15) is 5.69 Å². The van der Waals surface area contributed by atoms with Gasteiger partial charge in [-0.3, -0.25) is 9.69 Å². The first kappa shape index (κ1) is 13.2. The minimum Gasteiger partial charge on any atom is -0.340 e. The second-order valence-corrected chi connectivity index (χ2v) is 4.81. The number of rotatable bonds is 3. The summed E-state index contributed by atoms with van der Waals surface area (Å²) in [5.41, 5.74) is 1.83. The topological polar surface area (TPSA) is 79.3 Å². The van der Waals surface area contributed by atoms with Gasteiger partial charge in [-0.05, 0) is 24.3 Å². The SMILES string of the molecule is Cn1cnc(C(=O)Nc2ccc(N3CCNC3=O)cc2)c1. The zero-order valence-corrected chi connectivity index (χ0v) is 11.5. The van der Waals surface area contributed by atoms with Crippen LogP contribution in [0.5, 0.6) is 0 Å². The van der Waals surface area contributed by atoms with E-state index in [0.29, 0.717) is 24.5 Å². The maximum atomic E-state index is 12.0. The molecule has 0 saturated carbocycles. The summed E-state index contributed by atoms with van der Waals surface area (Å²) in [4.78, 5) is 29.2. The van der Waals surface area contributed by atoms with Crippen LogP contribution in [0.3, 0.4) is 0 Å². The molecule has 0 bridgehead atoms. The zero-order chi connectivity index (χ0) is 14.8. The first-order valence-electron chi connectivity index (χ1n) is 6.58. The molecule has 3 rings (SSSR count). The largest absolute Gasteiger partial charge is 0.340 e. The molecule has 2 N–H and O–H groups in total. The molecule has 21 heavy (non-hydrogen) atoms. The third-order valence-corrected chi connectivity index (χ3v) is 3.23. The van der Waals surface area contributed by atoms with Gasteiger partial charge < -0.3 is 15.2 Å². The van der Waals surface area contributed by atoms with Crippen LogP contribution in [0.1, 0.15) is 10.5 Å². The number of urea groups is 1. The fourth-order valence-corrected chi connectivity index (χ4v) is 2.17. The summed E-state index contributed by atoms with van der Waals surface area (Å²) in [5, 5.41) is 5.51. The van der Waals surface area contributed by atoms with Crippen LogP contribution < -0.4 is 15.5 Å². The normalized spacial score (nSPS) is 14.1. The van der Waals surface area contributed by atoms with Crippen molar-refractivity contribution in [1.29, 1.82) is 0 Å². The predicted molar refractivity (Wildman–Crippen MR) is 78.3 cm³/mol. The molecule has 0 radical (unpaired) electrons. The van der Waals surface area contributed by atoms with Crippen molar-refractivity contribution < 1.29 is 9.59 Å². The number of aryl methyl sites for hydroxylation is 1. The lowest BCUT2D eigenvalue weighted by Crippen LogP contribution is -2.27. The molecule has 0 atom stereocenters. The molecule has 0 aliphatic carbocycles. The Hall–Kier alpha value is -2.83. The number of carbonyl (C=O) groups is 2. The summed E-state index contributed by atoms with van der Waals surface area (Å²) in [7, 11) is 1.81. The molecule has 1 fully saturated rings. The van der Waals surface area contributed by atoms with Gasteiger partial charge in [0, 0.05) is 37.7 Å². The maximum Gasteiger partial charge on any atom is 0.321 e. The molecule has 3 amide bonds. The molecule has 2 heterocycles. The summed E-state index contributed by atoms with van der Waals surface area (Å²) >= 11 is 0. The maximum absolute atomic E-state index is 12.0. The van der Waals surface area contributed by atoms with E-state index >= 15 is 0 Å². The number of aromatic nitrogens is 2. The molecule has 7 heteroatoms. The standard InChI is InChI=1S/C14H15N5O2/c1-18-8-12(16-9-18)13(20)17-10-2-4-11(5-3-10)19-7-6-15-14(19)21/h2-5,8-9H,6-7H2,1H3,(H,15,21)(H,17,20). The van der Waals surface area contributed by atoms with E-state index in [1.165, 1.54) is 0 Å². The fourth-order valence-electron chi connectivity index (χ4n) is 2.17. The van der Waals surface area contributed by atoms with E-state index in [1.807, 2.05) is 0 Å². The van der Waals surface area contributed by atoms with E-state index in [1.54, 1.807) is 53.3 Å². The number of nitrogens with zero attached hydrogens (tertiary/aromatic N) is 3. The third-order valence-electron chi connectivity index (χ3n) is 3.23. The van der Waals surface area contributed by atoms with Crippen molar-refractivity contribution in [3.63, 3.8) is 0 Å². The Kier molecular flexibility index (Phi) is 3.31. The average molecular weight is 285 g/mol. The van der Waals surface area contributed by atoms with Crippen LogP contribution in [-0.2, 0) is 7.05 Å². The Balaban J connectivity index is 1.69. The van der Waals surface area contributed by atoms with Crippen LogP contribution in [0.15, 0.2) is 36.8 Å². The van der Waals surface area contributed by atoms with E-state index in [-0.39, 0.29) is 11.9 Å². The lowest BCUT2D eigenvalue weighted by molar-refractivity contribution is 0.102. The van der Waals surface area contributed by atoms with Crippen molar-refractivity contribution in [1.82, 2.24) is 14.9 Å². The van der Waals surface area contributed by atoms with Crippen molar-refractivity contribution in [3.8, 4) is 0 Å². The van der Waals surface area contributed by atoms with Gasteiger partial charge in [0.25, 0.3) is 5.91 Å². The summed E-state index contributed by atoms with van der Waals surface area (Å²) in [6.07, 6.45) is 3.22. The number of nitrogens with one attached hydrogen (secondary N) is 2. The molecule has 1 saturated heterocycles. The summed E-state index contributed by atoms with van der Waals surface area (Å²) in [5.74, 6) is -0.262. The molecule has 0 spiro atoms. The van der Waals surface area contributed by atoms with Crippen LogP contribution in [0.4, 0.5) is 16.2 Å². The highest BCUT2D eigenvalue weighted by Gasteiger charge is 2.20. The first-order valence-corrected chi connectivity index (χ1v) is 6.58. The first-order chi connectivity index (χ1) is 10.1. The van der Waals surface area contributed by atoms with E-state index in [4.69, 9.17) is 0 Å². The molecule has 1 aliphatic rings. The predicted octanol–water partition coefficient (Wildman–Crippen LogP) is 1.20. The zero-order valence-electron chi connectivity index (χ0n) is 11.5. The van der Waals surface area contributed by atoms with Gasteiger partial charge in [-0.25, -0.2) is 9.78 Å². The summed E-state index contributed by atoms with van der Waals surface area (Å²) in [6, 6.07) is 7.04. The van der Waals surface area contributed by atoms with Gasteiger partial charge in [0.15, 0.2) is 0 Å². The van der Waals surface area contributed by atoms with Crippen molar-refractivity contribution in [2.24, 2.45) is 7.05 Å². The van der Waals surface area contributed by atoms with Crippen LogP contribution >= 0.6 is 0 Å². The molecule has 2 aromatic rings. The lowest BCUT2D eigenvalue weighted by Gasteiger charge is -2.14. The minimum absolute atomic E-state index is 0.0970. The van der Waals surface area contributed by atoms with Gasteiger partial charge in [0.05, 0.1) is 6.33 Å². The van der Waals surface area contributed by atoms with E-state index in [2.05, 4.69) is 15.6 Å². The second kappa shape index (κ2) is 5.28. The molecule has 1 aliphatic heterocycles. The molecule has 0 unspecified atom stereocenters. The smallest absolute Gasteiger partial charge is 0.321 e. The Morgan fingerprint density at radius 2 is 2.10 bits per heavy atom. The van der Waals surface area contributed by atoms with E-state index in [9.17, 15) is 9.59 Å². The quantitative estimate of drug-likeness (QED) is 0.889. The lowest BCUT2D eigenvalue weighted by atomic mass is 10.2. The van der Waals surface area contributed by atoms with Gasteiger partial charge in [-0.15, -0.1) is 0 Å². The number of carbonyl (C=O) groups excluding carboxylic acids is 2. The monoisotopic (exact) mass is 285 g/mol. The highest BCUT2D eigenvalue weighted by atomic mass is 16.2. The van der Waals surface area contributed by atoms with Crippen molar-refractivity contribution in [2.45, 2.75) is 0 Å². The highest BCUT2D eigenvalue weighted by Crippen LogP contribution is 2.19. The number of amides is 3. The summed E-state index contributed by atoms with van der Waals surface area (Å²) in [6.45, 7) is 1.30. The fraction of sp³-hybridized carbons (Fsp3) is 0.214. The van der Waals surface area contributed by atoms with Gasteiger partial charge in [-0.2, -0.15) is 0 Å². The van der Waals surface area contributed by atoms with Gasteiger partial charge in [0.2, 0.25) is 0 Å². The van der Waals surface area contributed by atoms with Crippen molar-refractivity contribution >= 4 is 23.3 Å². The Labute approximate surface area is 121 Å². The number of imidazole rings is 1. The van der Waals surface area contributed by atoms with E-state index in [0.717, 1.165) is 5.69 Å². The van der Waals surface area contributed by atoms with Crippen LogP contribution in [0, 0.1) is 0 Å². The number of hydrogen-bond acceptors (Lipinski definition) is 3. The molecular weight excluding hydrogens is 270 g/mol. The Morgan fingerprint density at radius 3 is 2.67 bits per heavy atom. The highest BCUT2D eigenvalue weighted by molar-refractivity contribution is 6.03. The average Bonchev–Trinajstić information content (AvgIpc) is 3.08. The Morgan fingerprint density at radius 1 is 1.33 bits per heavy atom. The second-order valence-electron chi connectivity index (χ2n) is 4.81. The van der Waals surface area contributed by atoms with E-state index < -0.39 is 0 Å². The molecule has 108 valence electrons. The minimum atomic E-state index is -0.262. The number of anilines is 2. The van der Waals surface area contributed by atoms with Gasteiger partial charge in [-0.1, -0.05) is 0 Å². The van der Waals surface area contributed by atoms with Crippen LogP contribution in [-0.4, -0.2) is 34.6 Å². The third kappa shape index (κ3) is 2.71. The molecular formula is C14H15N5O2.